The molecule has 4 amide bonds. The van der Waals surface area contributed by atoms with Gasteiger partial charge in [0.05, 0.1) is 5.56 Å². The van der Waals surface area contributed by atoms with E-state index >= 15 is 0 Å². The Balaban J connectivity index is 1.51. The van der Waals surface area contributed by atoms with Crippen LogP contribution in [0.3, 0.4) is 0 Å². The molecule has 4 rings (SSSR count). The molecule has 2 aromatic carbocycles. The number of esters is 2. The average molecular weight is 671 g/mol. The molecule has 0 aliphatic carbocycles. The molecule has 248 valence electrons. The van der Waals surface area contributed by atoms with Gasteiger partial charge in [-0.05, 0) is 49.2 Å². The van der Waals surface area contributed by atoms with Crippen LogP contribution in [0.5, 0.6) is 17.2 Å². The van der Waals surface area contributed by atoms with Crippen LogP contribution in [-0.4, -0.2) is 80.0 Å². The van der Waals surface area contributed by atoms with Gasteiger partial charge in [-0.25, -0.2) is 4.79 Å². The van der Waals surface area contributed by atoms with Crippen molar-refractivity contribution in [2.24, 2.45) is 0 Å². The van der Waals surface area contributed by atoms with Gasteiger partial charge in [-0.15, -0.1) is 11.8 Å². The molecule has 0 saturated carbocycles. The van der Waals surface area contributed by atoms with Crippen molar-refractivity contribution in [1.82, 2.24) is 20.9 Å². The van der Waals surface area contributed by atoms with Gasteiger partial charge in [0.15, 0.2) is 11.5 Å². The first-order valence-corrected chi connectivity index (χ1v) is 15.0. The van der Waals surface area contributed by atoms with Crippen LogP contribution >= 0.6 is 11.8 Å². The molecule has 5 N–H and O–H groups in total. The molecule has 2 aliphatic rings. The van der Waals surface area contributed by atoms with Crippen LogP contribution in [0.15, 0.2) is 53.9 Å². The van der Waals surface area contributed by atoms with Crippen molar-refractivity contribution in [2.45, 2.75) is 51.2 Å². The van der Waals surface area contributed by atoms with Crippen LogP contribution < -0.4 is 25.4 Å². The first-order chi connectivity index (χ1) is 22.2. The fourth-order valence-electron chi connectivity index (χ4n) is 4.67. The molecule has 0 spiro atoms. The quantitative estimate of drug-likeness (QED) is 0.138. The van der Waals surface area contributed by atoms with Crippen molar-refractivity contribution >= 4 is 53.5 Å². The normalized spacial score (nSPS) is 18.0. The van der Waals surface area contributed by atoms with E-state index in [0.717, 1.165) is 18.7 Å². The number of para-hydroxylation sites is 1. The lowest BCUT2D eigenvalue weighted by molar-refractivity contribution is -0.149. The lowest BCUT2D eigenvalue weighted by Gasteiger charge is -2.49. The molecule has 17 heteroatoms. The zero-order chi connectivity index (χ0) is 34.6. The van der Waals surface area contributed by atoms with Gasteiger partial charge in [0, 0.05) is 19.6 Å². The minimum Gasteiger partial charge on any atom is -0.508 e. The number of carbonyl (C=O) groups is 7. The molecule has 2 heterocycles. The molecule has 16 nitrogen and oxygen atoms in total. The molecular formula is C30H30N4O12S. The van der Waals surface area contributed by atoms with Gasteiger partial charge in [-0.2, -0.15) is 0 Å². The Morgan fingerprint density at radius 1 is 0.936 bits per heavy atom. The van der Waals surface area contributed by atoms with Crippen LogP contribution in [0.1, 0.15) is 49.7 Å². The summed E-state index contributed by atoms with van der Waals surface area (Å²) in [6.45, 7) is 5.14. The highest BCUT2D eigenvalue weighted by atomic mass is 32.2. The Hall–Kier alpha value is -5.58. The molecule has 1 fully saturated rings. The molecule has 0 aromatic heterocycles. The monoisotopic (exact) mass is 670 g/mol. The zero-order valence-electron chi connectivity index (χ0n) is 25.4. The lowest BCUT2D eigenvalue weighted by atomic mass is 10.0. The van der Waals surface area contributed by atoms with Gasteiger partial charge in [0.25, 0.3) is 11.8 Å². The number of aromatic hydroxyl groups is 1. The van der Waals surface area contributed by atoms with Crippen molar-refractivity contribution in [3.63, 3.8) is 0 Å². The highest BCUT2D eigenvalue weighted by Crippen LogP contribution is 2.40. The predicted molar refractivity (Wildman–Crippen MR) is 162 cm³/mol. The maximum atomic E-state index is 13.6. The number of phenolic OH excluding ortho intramolecular Hbond substituents is 1. The van der Waals surface area contributed by atoms with E-state index in [-0.39, 0.29) is 34.3 Å². The number of thioether (sulfide) groups is 1. The average Bonchev–Trinajstić information content (AvgIpc) is 2.99. The maximum Gasteiger partial charge on any atom is 0.512 e. The summed E-state index contributed by atoms with van der Waals surface area (Å²) < 4.78 is 14.9. The Morgan fingerprint density at radius 3 is 2.21 bits per heavy atom. The first-order valence-electron chi connectivity index (χ1n) is 13.9. The van der Waals surface area contributed by atoms with Crippen LogP contribution in [0.2, 0.25) is 0 Å². The summed E-state index contributed by atoms with van der Waals surface area (Å²) in [6.07, 6.45) is -1.60. The van der Waals surface area contributed by atoms with Crippen LogP contribution in [0.25, 0.3) is 0 Å². The Morgan fingerprint density at radius 2 is 1.60 bits per heavy atom. The van der Waals surface area contributed by atoms with Gasteiger partial charge >= 0.3 is 18.1 Å². The molecule has 4 unspecified atom stereocenters. The van der Waals surface area contributed by atoms with E-state index in [4.69, 9.17) is 19.3 Å². The van der Waals surface area contributed by atoms with Crippen molar-refractivity contribution in [2.75, 3.05) is 5.75 Å². The van der Waals surface area contributed by atoms with E-state index < -0.39 is 65.2 Å². The molecule has 0 bridgehead atoms. The third kappa shape index (κ3) is 7.81. The van der Waals surface area contributed by atoms with Gasteiger partial charge in [0.2, 0.25) is 17.7 Å². The number of rotatable bonds is 10. The fraction of sp³-hybridized carbons (Fsp3) is 0.300. The second-order valence-corrected chi connectivity index (χ2v) is 11.5. The summed E-state index contributed by atoms with van der Waals surface area (Å²) in [6, 6.07) is 5.53. The number of phenols is 1. The fourth-order valence-corrected chi connectivity index (χ4v) is 5.94. The van der Waals surface area contributed by atoms with E-state index in [1.807, 2.05) is 0 Å². The number of nitrogens with zero attached hydrogens (tertiary/aromatic N) is 1. The Bertz CT molecular complexity index is 1680. The minimum atomic E-state index is -1.60. The van der Waals surface area contributed by atoms with Crippen molar-refractivity contribution < 1.29 is 58.0 Å². The number of hydrogen-bond acceptors (Lipinski definition) is 12. The molecule has 4 atom stereocenters. The van der Waals surface area contributed by atoms with E-state index in [9.17, 15) is 38.7 Å². The number of carboxylic acid groups (broad SMARTS) is 1. The Labute approximate surface area is 271 Å². The van der Waals surface area contributed by atoms with E-state index in [1.165, 1.54) is 61.2 Å². The standard InChI is InChI=1S/C30H30N4O12S/c1-13-12-47-29-22(27(41)34(29)28(13)46-30(42)43)33-26(40)21(17-8-10-18(37)11-9-17)32-24(38)14(2)31-25(39)19-6-5-7-20(44-15(3)35)23(19)45-16(4)36/h5-11,14,21-22,29,37H,12H2,1-4H3,(H,31,39)(H,32,38)(H,33,40)(H,42,43). The smallest absolute Gasteiger partial charge is 0.508 e. The molecule has 47 heavy (non-hydrogen) atoms. The zero-order valence-corrected chi connectivity index (χ0v) is 26.2. The summed E-state index contributed by atoms with van der Waals surface area (Å²) in [5.74, 6) is -5.12. The van der Waals surface area contributed by atoms with Gasteiger partial charge in [-0.3, -0.25) is 33.7 Å². The van der Waals surface area contributed by atoms with Crippen LogP contribution in [0, 0.1) is 0 Å². The summed E-state index contributed by atoms with van der Waals surface area (Å²) in [5.41, 5.74) is 0.527. The SMILES string of the molecule is CC(=O)Oc1cccc(C(=O)NC(C)C(=O)NC(C(=O)NC2C(=O)N3C(OC(=O)O)=C(C)CSC23)c2ccc(O)cc2)c1OC(C)=O. The summed E-state index contributed by atoms with van der Waals surface area (Å²) in [4.78, 5) is 88.6. The number of β-lactam (4-membered cyclic amide) rings is 1. The van der Waals surface area contributed by atoms with Crippen molar-refractivity contribution in [1.29, 1.82) is 0 Å². The van der Waals surface area contributed by atoms with Crippen molar-refractivity contribution in [3.8, 4) is 17.2 Å². The third-order valence-corrected chi connectivity index (χ3v) is 8.24. The van der Waals surface area contributed by atoms with Crippen molar-refractivity contribution in [3.05, 3.63) is 65.0 Å². The number of benzene rings is 2. The highest BCUT2D eigenvalue weighted by Gasteiger charge is 2.54. The molecule has 2 aromatic rings. The number of fused-ring (bicyclic) bond motifs is 1. The number of nitrogens with one attached hydrogen (secondary N) is 3. The van der Waals surface area contributed by atoms with Gasteiger partial charge in [0.1, 0.15) is 29.2 Å². The number of amides is 4. The van der Waals surface area contributed by atoms with Gasteiger partial charge < -0.3 is 40.4 Å². The molecular weight excluding hydrogens is 640 g/mol. The maximum absolute atomic E-state index is 13.6. The second-order valence-electron chi connectivity index (χ2n) is 10.4. The second kappa shape index (κ2) is 14.2. The predicted octanol–water partition coefficient (Wildman–Crippen LogP) is 1.54. The summed E-state index contributed by atoms with van der Waals surface area (Å²) in [7, 11) is 0. The van der Waals surface area contributed by atoms with E-state index in [2.05, 4.69) is 16.0 Å². The highest BCUT2D eigenvalue weighted by molar-refractivity contribution is 8.00. The Kier molecular flexibility index (Phi) is 10.4. The first kappa shape index (κ1) is 34.3. The number of carbonyl (C=O) groups excluding carboxylic acids is 6. The van der Waals surface area contributed by atoms with E-state index in [0.29, 0.717) is 11.3 Å². The largest absolute Gasteiger partial charge is 0.512 e. The summed E-state index contributed by atoms with van der Waals surface area (Å²) >= 11 is 1.28. The number of ether oxygens (including phenoxy) is 3. The summed E-state index contributed by atoms with van der Waals surface area (Å²) in [5, 5.41) is 25.7. The minimum absolute atomic E-state index is 0.115. The lowest BCUT2D eigenvalue weighted by Crippen LogP contribution is -2.70. The number of hydrogen-bond donors (Lipinski definition) is 5. The van der Waals surface area contributed by atoms with Crippen LogP contribution in [-0.2, 0) is 28.7 Å². The van der Waals surface area contributed by atoms with Crippen LogP contribution in [0.4, 0.5) is 4.79 Å². The topological polar surface area (TPSA) is 227 Å². The van der Waals surface area contributed by atoms with E-state index in [1.54, 1.807) is 6.92 Å². The molecule has 0 radical (unpaired) electrons. The third-order valence-electron chi connectivity index (χ3n) is 6.82. The molecule has 2 aliphatic heterocycles. The van der Waals surface area contributed by atoms with Gasteiger partial charge in [-0.1, -0.05) is 18.2 Å². The molecule has 1 saturated heterocycles.